The van der Waals surface area contributed by atoms with Gasteiger partial charge < -0.3 is 10.1 Å². The fourth-order valence-electron chi connectivity index (χ4n) is 2.62. The molecule has 1 fully saturated rings. The van der Waals surface area contributed by atoms with Crippen molar-refractivity contribution in [3.05, 3.63) is 28.2 Å². The van der Waals surface area contributed by atoms with Crippen LogP contribution >= 0.6 is 15.9 Å². The number of carbonyl (C=O) groups is 1. The molecular formula is C12H12BrNO2. The van der Waals surface area contributed by atoms with Crippen molar-refractivity contribution in [3.8, 4) is 0 Å². The number of amides is 1. The van der Waals surface area contributed by atoms with Gasteiger partial charge in [-0.3, -0.25) is 4.79 Å². The molecule has 0 unspecified atom stereocenters. The third kappa shape index (κ3) is 1.26. The van der Waals surface area contributed by atoms with Crippen molar-refractivity contribution in [2.45, 2.75) is 18.3 Å². The van der Waals surface area contributed by atoms with Gasteiger partial charge in [0.2, 0.25) is 5.91 Å². The molecule has 1 spiro atoms. The molecular weight excluding hydrogens is 270 g/mol. The molecule has 0 atom stereocenters. The van der Waals surface area contributed by atoms with Crippen molar-refractivity contribution >= 4 is 27.5 Å². The van der Waals surface area contributed by atoms with Crippen LogP contribution in [0.15, 0.2) is 22.7 Å². The molecule has 0 saturated carbocycles. The average Bonchev–Trinajstić information content (AvgIpc) is 2.57. The SMILES string of the molecule is O=C1Nc2c(Br)cccc2C12CCOCC2. The zero-order valence-corrected chi connectivity index (χ0v) is 10.3. The monoisotopic (exact) mass is 281 g/mol. The number of rotatable bonds is 0. The van der Waals surface area contributed by atoms with Crippen molar-refractivity contribution in [3.63, 3.8) is 0 Å². The molecule has 0 aliphatic carbocycles. The summed E-state index contributed by atoms with van der Waals surface area (Å²) in [6.45, 7) is 1.33. The Kier molecular flexibility index (Phi) is 2.30. The van der Waals surface area contributed by atoms with Crippen LogP contribution in [0.3, 0.4) is 0 Å². The van der Waals surface area contributed by atoms with Crippen molar-refractivity contribution < 1.29 is 9.53 Å². The van der Waals surface area contributed by atoms with E-state index in [4.69, 9.17) is 4.74 Å². The molecule has 0 aromatic heterocycles. The van der Waals surface area contributed by atoms with Gasteiger partial charge in [0.25, 0.3) is 0 Å². The lowest BCUT2D eigenvalue weighted by atomic mass is 9.75. The molecule has 84 valence electrons. The fraction of sp³-hybridized carbons (Fsp3) is 0.417. The summed E-state index contributed by atoms with van der Waals surface area (Å²) in [7, 11) is 0. The maximum atomic E-state index is 12.2. The van der Waals surface area contributed by atoms with E-state index in [-0.39, 0.29) is 11.3 Å². The summed E-state index contributed by atoms with van der Waals surface area (Å²) in [4.78, 5) is 12.2. The molecule has 2 heterocycles. The van der Waals surface area contributed by atoms with Gasteiger partial charge in [-0.15, -0.1) is 0 Å². The molecule has 3 rings (SSSR count). The summed E-state index contributed by atoms with van der Waals surface area (Å²) in [6, 6.07) is 5.99. The Bertz CT molecular complexity index is 452. The van der Waals surface area contributed by atoms with Crippen LogP contribution in [0.4, 0.5) is 5.69 Å². The van der Waals surface area contributed by atoms with E-state index in [1.54, 1.807) is 0 Å². The van der Waals surface area contributed by atoms with E-state index in [2.05, 4.69) is 21.2 Å². The number of hydrogen-bond donors (Lipinski definition) is 1. The maximum Gasteiger partial charge on any atom is 0.235 e. The van der Waals surface area contributed by atoms with Crippen molar-refractivity contribution in [2.75, 3.05) is 18.5 Å². The molecule has 1 N–H and O–H groups in total. The van der Waals surface area contributed by atoms with E-state index in [1.807, 2.05) is 18.2 Å². The van der Waals surface area contributed by atoms with Gasteiger partial charge in [0.15, 0.2) is 0 Å². The molecule has 1 aromatic carbocycles. The molecule has 0 bridgehead atoms. The summed E-state index contributed by atoms with van der Waals surface area (Å²) in [5, 5.41) is 2.98. The highest BCUT2D eigenvalue weighted by Gasteiger charge is 2.47. The number of ether oxygens (including phenoxy) is 1. The summed E-state index contributed by atoms with van der Waals surface area (Å²) in [6.07, 6.45) is 1.56. The van der Waals surface area contributed by atoms with E-state index in [0.717, 1.165) is 28.6 Å². The number of para-hydroxylation sites is 1. The van der Waals surface area contributed by atoms with Gasteiger partial charge in [-0.2, -0.15) is 0 Å². The van der Waals surface area contributed by atoms with Gasteiger partial charge in [0.05, 0.1) is 11.1 Å². The second-order valence-electron chi connectivity index (χ2n) is 4.31. The van der Waals surface area contributed by atoms with Crippen LogP contribution in [0.2, 0.25) is 0 Å². The smallest absolute Gasteiger partial charge is 0.235 e. The first-order valence-electron chi connectivity index (χ1n) is 5.42. The zero-order chi connectivity index (χ0) is 11.2. The summed E-state index contributed by atoms with van der Waals surface area (Å²) < 4.78 is 6.32. The Hall–Kier alpha value is -0.870. The first-order chi connectivity index (χ1) is 7.74. The Morgan fingerprint density at radius 3 is 2.81 bits per heavy atom. The van der Waals surface area contributed by atoms with Gasteiger partial charge in [-0.1, -0.05) is 12.1 Å². The second-order valence-corrected chi connectivity index (χ2v) is 5.17. The van der Waals surface area contributed by atoms with Gasteiger partial charge in [-0.05, 0) is 40.4 Å². The largest absolute Gasteiger partial charge is 0.381 e. The minimum absolute atomic E-state index is 0.123. The molecule has 16 heavy (non-hydrogen) atoms. The lowest BCUT2D eigenvalue weighted by Gasteiger charge is -2.31. The standard InChI is InChI=1S/C12H12BrNO2/c13-9-3-1-2-8-10(9)14-11(15)12(8)4-6-16-7-5-12/h1-3H,4-7H2,(H,14,15). The zero-order valence-electron chi connectivity index (χ0n) is 8.75. The predicted octanol–water partition coefficient (Wildman–Crippen LogP) is 2.45. The van der Waals surface area contributed by atoms with E-state index in [1.165, 1.54) is 0 Å². The second kappa shape index (κ2) is 3.57. The lowest BCUT2D eigenvalue weighted by molar-refractivity contribution is -0.124. The predicted molar refractivity (Wildman–Crippen MR) is 64.5 cm³/mol. The number of benzene rings is 1. The molecule has 3 nitrogen and oxygen atoms in total. The van der Waals surface area contributed by atoms with Gasteiger partial charge in [-0.25, -0.2) is 0 Å². The Labute approximate surface area is 102 Å². The number of carbonyl (C=O) groups excluding carboxylic acids is 1. The number of nitrogens with one attached hydrogen (secondary N) is 1. The quantitative estimate of drug-likeness (QED) is 0.793. The molecule has 1 aromatic rings. The van der Waals surface area contributed by atoms with E-state index < -0.39 is 0 Å². The van der Waals surface area contributed by atoms with Crippen molar-refractivity contribution in [2.24, 2.45) is 0 Å². The number of anilines is 1. The van der Waals surface area contributed by atoms with Crippen LogP contribution < -0.4 is 5.32 Å². The first kappa shape index (κ1) is 10.3. The Morgan fingerprint density at radius 1 is 1.31 bits per heavy atom. The van der Waals surface area contributed by atoms with Gasteiger partial charge >= 0.3 is 0 Å². The molecule has 2 aliphatic heterocycles. The fourth-order valence-corrected chi connectivity index (χ4v) is 3.09. The average molecular weight is 282 g/mol. The van der Waals surface area contributed by atoms with E-state index in [0.29, 0.717) is 13.2 Å². The Balaban J connectivity index is 2.15. The Morgan fingerprint density at radius 2 is 2.06 bits per heavy atom. The third-order valence-corrected chi connectivity index (χ3v) is 4.21. The van der Waals surface area contributed by atoms with Crippen LogP contribution in [0.1, 0.15) is 18.4 Å². The summed E-state index contributed by atoms with van der Waals surface area (Å²) in [5.41, 5.74) is 1.71. The van der Waals surface area contributed by atoms with Gasteiger partial charge in [0, 0.05) is 17.7 Å². The highest BCUT2D eigenvalue weighted by molar-refractivity contribution is 9.10. The number of halogens is 1. The van der Waals surface area contributed by atoms with Crippen LogP contribution in [-0.2, 0) is 14.9 Å². The highest BCUT2D eigenvalue weighted by Crippen LogP contribution is 2.46. The van der Waals surface area contributed by atoms with Gasteiger partial charge in [0.1, 0.15) is 0 Å². The molecule has 1 saturated heterocycles. The van der Waals surface area contributed by atoms with E-state index >= 15 is 0 Å². The minimum atomic E-state index is -0.350. The van der Waals surface area contributed by atoms with Crippen molar-refractivity contribution in [1.82, 2.24) is 0 Å². The number of hydrogen-bond acceptors (Lipinski definition) is 2. The van der Waals surface area contributed by atoms with Crippen LogP contribution in [0.5, 0.6) is 0 Å². The third-order valence-electron chi connectivity index (χ3n) is 3.55. The minimum Gasteiger partial charge on any atom is -0.381 e. The lowest BCUT2D eigenvalue weighted by Crippen LogP contribution is -2.39. The molecule has 2 aliphatic rings. The maximum absolute atomic E-state index is 12.2. The molecule has 1 amide bonds. The van der Waals surface area contributed by atoms with Crippen LogP contribution in [-0.4, -0.2) is 19.1 Å². The molecule has 4 heteroatoms. The number of fused-ring (bicyclic) bond motifs is 2. The summed E-state index contributed by atoms with van der Waals surface area (Å²) >= 11 is 3.48. The topological polar surface area (TPSA) is 38.3 Å². The first-order valence-corrected chi connectivity index (χ1v) is 6.21. The normalized spacial score (nSPS) is 21.9. The van der Waals surface area contributed by atoms with Crippen LogP contribution in [0.25, 0.3) is 0 Å². The van der Waals surface area contributed by atoms with Crippen molar-refractivity contribution in [1.29, 1.82) is 0 Å². The summed E-state index contributed by atoms with van der Waals surface area (Å²) in [5.74, 6) is 0.123. The highest BCUT2D eigenvalue weighted by atomic mass is 79.9. The van der Waals surface area contributed by atoms with E-state index in [9.17, 15) is 4.79 Å². The molecule has 0 radical (unpaired) electrons. The van der Waals surface area contributed by atoms with Crippen LogP contribution in [0, 0.1) is 0 Å².